The average molecular weight is 236 g/mol. The van der Waals surface area contributed by atoms with E-state index in [4.69, 9.17) is 0 Å². The number of likely N-dealkylation sites (tertiary alicyclic amines) is 1. The quantitative estimate of drug-likeness (QED) is 0.824. The molecule has 4 heteroatoms. The molecule has 1 aliphatic rings. The summed E-state index contributed by atoms with van der Waals surface area (Å²) in [6, 6.07) is 2.11. The zero-order valence-electron chi connectivity index (χ0n) is 11.2. The van der Waals surface area contributed by atoms with Crippen LogP contribution in [0.1, 0.15) is 19.0 Å². The molecule has 0 amide bonds. The monoisotopic (exact) mass is 236 g/mol. The van der Waals surface area contributed by atoms with Crippen LogP contribution >= 0.6 is 0 Å². The number of hydrogen-bond acceptors (Lipinski definition) is 3. The molecule has 0 radical (unpaired) electrons. The largest absolute Gasteiger partial charge is 0.319 e. The second kappa shape index (κ2) is 5.19. The van der Waals surface area contributed by atoms with E-state index in [0.29, 0.717) is 5.41 Å². The van der Waals surface area contributed by atoms with Crippen LogP contribution in [0.2, 0.25) is 0 Å². The lowest BCUT2D eigenvalue weighted by Gasteiger charge is -2.24. The lowest BCUT2D eigenvalue weighted by Crippen LogP contribution is -2.33. The highest BCUT2D eigenvalue weighted by atomic mass is 15.3. The maximum absolute atomic E-state index is 4.21. The van der Waals surface area contributed by atoms with Crippen LogP contribution in [0.15, 0.2) is 12.3 Å². The van der Waals surface area contributed by atoms with Crippen molar-refractivity contribution in [1.29, 1.82) is 0 Å². The Balaban J connectivity index is 1.80. The fourth-order valence-corrected chi connectivity index (χ4v) is 2.81. The SMILES string of the molecule is CNCC1(C)CCN(CCc2ccnn2C)C1. The van der Waals surface area contributed by atoms with Gasteiger partial charge in [0, 0.05) is 45.0 Å². The number of rotatable bonds is 5. The third-order valence-corrected chi connectivity index (χ3v) is 3.85. The van der Waals surface area contributed by atoms with E-state index < -0.39 is 0 Å². The minimum atomic E-state index is 0.460. The number of aromatic nitrogens is 2. The Labute approximate surface area is 104 Å². The maximum Gasteiger partial charge on any atom is 0.0492 e. The van der Waals surface area contributed by atoms with Crippen molar-refractivity contribution in [3.05, 3.63) is 18.0 Å². The zero-order chi connectivity index (χ0) is 12.3. The van der Waals surface area contributed by atoms with Gasteiger partial charge in [-0.2, -0.15) is 5.10 Å². The van der Waals surface area contributed by atoms with E-state index in [9.17, 15) is 0 Å². The molecule has 0 saturated carbocycles. The van der Waals surface area contributed by atoms with Crippen LogP contribution in [0.25, 0.3) is 0 Å². The molecule has 1 aromatic heterocycles. The maximum atomic E-state index is 4.21. The van der Waals surface area contributed by atoms with Gasteiger partial charge in [0.25, 0.3) is 0 Å². The summed E-state index contributed by atoms with van der Waals surface area (Å²) < 4.78 is 1.98. The summed E-state index contributed by atoms with van der Waals surface area (Å²) >= 11 is 0. The van der Waals surface area contributed by atoms with Gasteiger partial charge in [-0.05, 0) is 31.5 Å². The number of nitrogens with zero attached hydrogens (tertiary/aromatic N) is 3. The van der Waals surface area contributed by atoms with E-state index in [1.54, 1.807) is 0 Å². The van der Waals surface area contributed by atoms with Crippen molar-refractivity contribution >= 4 is 0 Å². The lowest BCUT2D eigenvalue weighted by atomic mass is 9.90. The van der Waals surface area contributed by atoms with E-state index >= 15 is 0 Å². The first-order chi connectivity index (χ1) is 8.13. The summed E-state index contributed by atoms with van der Waals surface area (Å²) in [7, 11) is 4.06. The van der Waals surface area contributed by atoms with Crippen molar-refractivity contribution in [2.24, 2.45) is 12.5 Å². The number of hydrogen-bond donors (Lipinski definition) is 1. The van der Waals surface area contributed by atoms with Crippen molar-refractivity contribution in [2.45, 2.75) is 19.8 Å². The Morgan fingerprint density at radius 3 is 3.00 bits per heavy atom. The fourth-order valence-electron chi connectivity index (χ4n) is 2.81. The van der Waals surface area contributed by atoms with Crippen LogP contribution < -0.4 is 5.32 Å². The third-order valence-electron chi connectivity index (χ3n) is 3.85. The van der Waals surface area contributed by atoms with Crippen LogP contribution in [0.3, 0.4) is 0 Å². The third kappa shape index (κ3) is 3.07. The molecule has 0 bridgehead atoms. The smallest absolute Gasteiger partial charge is 0.0492 e. The Hall–Kier alpha value is -0.870. The van der Waals surface area contributed by atoms with Crippen LogP contribution in [-0.4, -0.2) is 47.9 Å². The fraction of sp³-hybridized carbons (Fsp3) is 0.769. The summed E-state index contributed by atoms with van der Waals surface area (Å²) in [5.74, 6) is 0. The van der Waals surface area contributed by atoms with Gasteiger partial charge >= 0.3 is 0 Å². The Morgan fingerprint density at radius 2 is 2.35 bits per heavy atom. The summed E-state index contributed by atoms with van der Waals surface area (Å²) in [6.45, 7) is 7.10. The molecule has 2 heterocycles. The van der Waals surface area contributed by atoms with Crippen molar-refractivity contribution in [3.8, 4) is 0 Å². The molecule has 1 saturated heterocycles. The van der Waals surface area contributed by atoms with Gasteiger partial charge < -0.3 is 10.2 Å². The average Bonchev–Trinajstić information content (AvgIpc) is 2.83. The molecule has 0 spiro atoms. The molecular formula is C13H24N4. The van der Waals surface area contributed by atoms with Gasteiger partial charge in [0.2, 0.25) is 0 Å². The molecule has 1 aromatic rings. The van der Waals surface area contributed by atoms with Gasteiger partial charge in [0.1, 0.15) is 0 Å². The second-order valence-electron chi connectivity index (χ2n) is 5.56. The predicted octanol–water partition coefficient (Wildman–Crippen LogP) is 0.894. The standard InChI is InChI=1S/C13H24N4/c1-13(10-14-2)6-9-17(11-13)8-5-12-4-7-15-16(12)3/h4,7,14H,5-6,8-11H2,1-3H3. The molecular weight excluding hydrogens is 212 g/mol. The number of nitrogens with one attached hydrogen (secondary N) is 1. The summed E-state index contributed by atoms with van der Waals surface area (Å²) in [5, 5.41) is 7.52. The Bertz CT molecular complexity index is 360. The molecule has 1 aliphatic heterocycles. The molecule has 0 aliphatic carbocycles. The molecule has 1 unspecified atom stereocenters. The minimum absolute atomic E-state index is 0.460. The first kappa shape index (κ1) is 12.6. The van der Waals surface area contributed by atoms with Gasteiger partial charge in [-0.1, -0.05) is 6.92 Å². The summed E-state index contributed by atoms with van der Waals surface area (Å²) in [6.07, 6.45) is 4.29. The first-order valence-corrected chi connectivity index (χ1v) is 6.47. The van der Waals surface area contributed by atoms with E-state index in [2.05, 4.69) is 28.3 Å². The molecule has 1 fully saturated rings. The zero-order valence-corrected chi connectivity index (χ0v) is 11.2. The van der Waals surface area contributed by atoms with Gasteiger partial charge in [0.05, 0.1) is 0 Å². The van der Waals surface area contributed by atoms with Crippen molar-refractivity contribution in [2.75, 3.05) is 33.2 Å². The Kier molecular flexibility index (Phi) is 3.84. The molecule has 1 N–H and O–H groups in total. The lowest BCUT2D eigenvalue weighted by molar-refractivity contribution is 0.272. The highest BCUT2D eigenvalue weighted by Gasteiger charge is 2.32. The van der Waals surface area contributed by atoms with Crippen LogP contribution in [-0.2, 0) is 13.5 Å². The Morgan fingerprint density at radius 1 is 1.53 bits per heavy atom. The van der Waals surface area contributed by atoms with Gasteiger partial charge in [-0.25, -0.2) is 0 Å². The van der Waals surface area contributed by atoms with Crippen molar-refractivity contribution < 1.29 is 0 Å². The summed E-state index contributed by atoms with van der Waals surface area (Å²) in [5.41, 5.74) is 1.79. The summed E-state index contributed by atoms with van der Waals surface area (Å²) in [4.78, 5) is 2.57. The van der Waals surface area contributed by atoms with E-state index in [1.807, 2.05) is 25.0 Å². The molecule has 96 valence electrons. The van der Waals surface area contributed by atoms with Gasteiger partial charge in [0.15, 0.2) is 0 Å². The van der Waals surface area contributed by atoms with Crippen LogP contribution in [0, 0.1) is 5.41 Å². The van der Waals surface area contributed by atoms with E-state index in [0.717, 1.165) is 19.5 Å². The molecule has 17 heavy (non-hydrogen) atoms. The highest BCUT2D eigenvalue weighted by Crippen LogP contribution is 2.28. The molecule has 4 nitrogen and oxygen atoms in total. The van der Waals surface area contributed by atoms with Crippen LogP contribution in [0.5, 0.6) is 0 Å². The van der Waals surface area contributed by atoms with Crippen molar-refractivity contribution in [1.82, 2.24) is 20.0 Å². The minimum Gasteiger partial charge on any atom is -0.319 e. The van der Waals surface area contributed by atoms with E-state index in [1.165, 1.54) is 25.2 Å². The van der Waals surface area contributed by atoms with Gasteiger partial charge in [-0.15, -0.1) is 0 Å². The van der Waals surface area contributed by atoms with Crippen LogP contribution in [0.4, 0.5) is 0 Å². The molecule has 0 aromatic carbocycles. The normalized spacial score (nSPS) is 25.6. The first-order valence-electron chi connectivity index (χ1n) is 6.47. The van der Waals surface area contributed by atoms with Gasteiger partial charge in [-0.3, -0.25) is 4.68 Å². The molecule has 2 rings (SSSR count). The highest BCUT2D eigenvalue weighted by molar-refractivity contribution is 5.01. The second-order valence-corrected chi connectivity index (χ2v) is 5.56. The van der Waals surface area contributed by atoms with E-state index in [-0.39, 0.29) is 0 Å². The molecule has 1 atom stereocenters. The number of aryl methyl sites for hydroxylation is 1. The predicted molar refractivity (Wildman–Crippen MR) is 70.0 cm³/mol. The van der Waals surface area contributed by atoms with Crippen molar-refractivity contribution in [3.63, 3.8) is 0 Å². The topological polar surface area (TPSA) is 33.1 Å².